The molecule has 0 radical (unpaired) electrons. The molecule has 2 aromatic rings. The Balaban J connectivity index is 2.75. The summed E-state index contributed by atoms with van der Waals surface area (Å²) in [4.78, 5) is 0. The van der Waals surface area contributed by atoms with Gasteiger partial charge in [0.1, 0.15) is 5.82 Å². The molecule has 112 valence electrons. The first-order chi connectivity index (χ1) is 9.60. The van der Waals surface area contributed by atoms with Gasteiger partial charge in [0.2, 0.25) is 5.69 Å². The van der Waals surface area contributed by atoms with Crippen LogP contribution in [0.5, 0.6) is 0 Å². The normalized spacial score (nSPS) is 12.5. The summed E-state index contributed by atoms with van der Waals surface area (Å²) in [6.07, 6.45) is 2.09. The Labute approximate surface area is 127 Å². The lowest BCUT2D eigenvalue weighted by atomic mass is 9.82. The molecule has 0 spiro atoms. The number of rotatable bonds is 1. The Morgan fingerprint density at radius 1 is 0.905 bits per heavy atom. The number of hydrogen-bond acceptors (Lipinski definition) is 0. The van der Waals surface area contributed by atoms with E-state index in [2.05, 4.69) is 58.4 Å². The quantitative estimate of drug-likeness (QED) is 0.661. The number of halogens is 1. The van der Waals surface area contributed by atoms with Crippen LogP contribution in [0.4, 0.5) is 4.39 Å². The highest BCUT2D eigenvalue weighted by atomic mass is 19.1. The second-order valence-corrected chi connectivity index (χ2v) is 7.57. The molecular weight excluding hydrogens is 261 g/mol. The first-order valence-electron chi connectivity index (χ1n) is 7.42. The van der Waals surface area contributed by atoms with Gasteiger partial charge in [-0.05, 0) is 35.2 Å². The molecule has 1 aromatic heterocycles. The number of benzene rings is 1. The molecule has 0 atom stereocenters. The van der Waals surface area contributed by atoms with E-state index in [4.69, 9.17) is 0 Å². The summed E-state index contributed by atoms with van der Waals surface area (Å²) >= 11 is 0. The lowest BCUT2D eigenvalue weighted by Crippen LogP contribution is -2.51. The van der Waals surface area contributed by atoms with Crippen molar-refractivity contribution in [2.45, 2.75) is 52.5 Å². The van der Waals surface area contributed by atoms with Gasteiger partial charge in [0, 0.05) is 32.9 Å². The fourth-order valence-corrected chi connectivity index (χ4v) is 2.61. The first kappa shape index (κ1) is 15.7. The summed E-state index contributed by atoms with van der Waals surface area (Å²) in [5.41, 5.74) is 3.12. The predicted molar refractivity (Wildman–Crippen MR) is 85.7 cm³/mol. The van der Waals surface area contributed by atoms with Crippen molar-refractivity contribution < 1.29 is 8.96 Å². The average Bonchev–Trinajstić information content (AvgIpc) is 2.36. The molecule has 0 saturated carbocycles. The first-order valence-corrected chi connectivity index (χ1v) is 7.42. The molecule has 21 heavy (non-hydrogen) atoms. The molecular formula is C19H25FN+. The Kier molecular flexibility index (Phi) is 3.92. The number of nitrogens with zero attached hydrogens (tertiary/aromatic N) is 1. The highest BCUT2D eigenvalue weighted by Crippen LogP contribution is 2.32. The third-order valence-electron chi connectivity index (χ3n) is 3.65. The van der Waals surface area contributed by atoms with Crippen molar-refractivity contribution in [3.05, 3.63) is 54.0 Å². The van der Waals surface area contributed by atoms with Crippen LogP contribution >= 0.6 is 0 Å². The Bertz CT molecular complexity index is 645. The topological polar surface area (TPSA) is 3.88 Å². The average molecular weight is 286 g/mol. The summed E-state index contributed by atoms with van der Waals surface area (Å²) in [6.45, 7) is 12.9. The second kappa shape index (κ2) is 5.25. The van der Waals surface area contributed by atoms with E-state index in [-0.39, 0.29) is 16.8 Å². The highest BCUT2D eigenvalue weighted by molar-refractivity contribution is 5.63. The van der Waals surface area contributed by atoms with Crippen LogP contribution in [0.3, 0.4) is 0 Å². The molecule has 1 nitrogen and oxygen atoms in total. The van der Waals surface area contributed by atoms with Crippen molar-refractivity contribution in [2.75, 3.05) is 0 Å². The van der Waals surface area contributed by atoms with E-state index in [1.165, 1.54) is 0 Å². The molecule has 0 fully saturated rings. The van der Waals surface area contributed by atoms with Crippen LogP contribution in [0.2, 0.25) is 0 Å². The summed E-state index contributed by atoms with van der Waals surface area (Å²) in [5, 5.41) is 0. The van der Waals surface area contributed by atoms with Crippen LogP contribution in [-0.2, 0) is 11.0 Å². The van der Waals surface area contributed by atoms with Crippen LogP contribution < -0.4 is 4.57 Å². The van der Waals surface area contributed by atoms with Crippen LogP contribution in [0.1, 0.15) is 47.1 Å². The van der Waals surface area contributed by atoms with Crippen molar-refractivity contribution in [3.63, 3.8) is 0 Å². The van der Waals surface area contributed by atoms with Crippen molar-refractivity contribution in [2.24, 2.45) is 0 Å². The van der Waals surface area contributed by atoms with Gasteiger partial charge in [0.05, 0.1) is 5.56 Å². The van der Waals surface area contributed by atoms with Gasteiger partial charge >= 0.3 is 0 Å². The maximum Gasteiger partial charge on any atom is 0.213 e. The maximum absolute atomic E-state index is 13.7. The fraction of sp³-hybridized carbons (Fsp3) is 0.421. The Morgan fingerprint density at radius 3 is 2.14 bits per heavy atom. The van der Waals surface area contributed by atoms with Gasteiger partial charge in [-0.3, -0.25) is 0 Å². The van der Waals surface area contributed by atoms with E-state index in [0.29, 0.717) is 0 Å². The van der Waals surface area contributed by atoms with E-state index in [0.717, 1.165) is 16.8 Å². The second-order valence-electron chi connectivity index (χ2n) is 7.57. The molecule has 0 aliphatic carbocycles. The number of hydrogen-bond donors (Lipinski definition) is 0. The van der Waals surface area contributed by atoms with E-state index in [9.17, 15) is 4.39 Å². The fourth-order valence-electron chi connectivity index (χ4n) is 2.61. The predicted octanol–water partition coefficient (Wildman–Crippen LogP) is 4.83. The zero-order valence-corrected chi connectivity index (χ0v) is 13.9. The van der Waals surface area contributed by atoms with Gasteiger partial charge in [-0.15, -0.1) is 0 Å². The minimum atomic E-state index is -0.179. The highest BCUT2D eigenvalue weighted by Gasteiger charge is 2.29. The summed E-state index contributed by atoms with van der Waals surface area (Å²) < 4.78 is 16.0. The SMILES string of the molecule is CC(C)(C)c1cc(F)ccc1-c1cccc[n+]1C(C)(C)C. The van der Waals surface area contributed by atoms with Crippen molar-refractivity contribution in [1.29, 1.82) is 0 Å². The maximum atomic E-state index is 13.7. The number of pyridine rings is 1. The summed E-state index contributed by atoms with van der Waals surface area (Å²) in [7, 11) is 0. The molecule has 0 bridgehead atoms. The lowest BCUT2D eigenvalue weighted by Gasteiger charge is -2.24. The van der Waals surface area contributed by atoms with Crippen LogP contribution in [0.25, 0.3) is 11.3 Å². The van der Waals surface area contributed by atoms with Crippen LogP contribution in [0, 0.1) is 5.82 Å². The van der Waals surface area contributed by atoms with Crippen molar-refractivity contribution in [3.8, 4) is 11.3 Å². The molecule has 2 rings (SSSR count). The summed E-state index contributed by atoms with van der Waals surface area (Å²) in [5.74, 6) is -0.179. The van der Waals surface area contributed by atoms with E-state index in [1.54, 1.807) is 12.1 Å². The minimum absolute atomic E-state index is 0.0276. The molecule has 2 heteroatoms. The molecule has 1 aromatic carbocycles. The van der Waals surface area contributed by atoms with Gasteiger partial charge in [-0.2, -0.15) is 4.57 Å². The van der Waals surface area contributed by atoms with Crippen LogP contribution in [0.15, 0.2) is 42.6 Å². The van der Waals surface area contributed by atoms with E-state index < -0.39 is 0 Å². The molecule has 0 aliphatic rings. The number of aromatic nitrogens is 1. The van der Waals surface area contributed by atoms with Gasteiger partial charge < -0.3 is 0 Å². The smallest absolute Gasteiger partial charge is 0.207 e. The zero-order chi connectivity index (χ0) is 15.8. The van der Waals surface area contributed by atoms with Crippen molar-refractivity contribution in [1.82, 2.24) is 0 Å². The third-order valence-corrected chi connectivity index (χ3v) is 3.65. The standard InChI is InChI=1S/C19H25FN/c1-18(2,3)16-13-14(20)10-11-15(16)17-9-7-8-12-21(17)19(4,5)6/h7-13H,1-6H3/q+1. The van der Waals surface area contributed by atoms with Gasteiger partial charge in [-0.1, -0.05) is 20.8 Å². The largest absolute Gasteiger partial charge is 0.213 e. The van der Waals surface area contributed by atoms with Crippen molar-refractivity contribution >= 4 is 0 Å². The molecule has 0 amide bonds. The van der Waals surface area contributed by atoms with Crippen LogP contribution in [-0.4, -0.2) is 0 Å². The van der Waals surface area contributed by atoms with E-state index in [1.807, 2.05) is 18.2 Å². The monoisotopic (exact) mass is 286 g/mol. The molecule has 0 N–H and O–H groups in total. The Hall–Kier alpha value is -1.70. The molecule has 1 heterocycles. The Morgan fingerprint density at radius 2 is 1.57 bits per heavy atom. The van der Waals surface area contributed by atoms with Gasteiger partial charge in [-0.25, -0.2) is 4.39 Å². The third kappa shape index (κ3) is 3.31. The zero-order valence-electron chi connectivity index (χ0n) is 13.9. The van der Waals surface area contributed by atoms with Gasteiger partial charge in [0.25, 0.3) is 0 Å². The van der Waals surface area contributed by atoms with E-state index >= 15 is 0 Å². The van der Waals surface area contributed by atoms with Gasteiger partial charge in [0.15, 0.2) is 11.7 Å². The molecule has 0 unspecified atom stereocenters. The minimum Gasteiger partial charge on any atom is -0.207 e. The summed E-state index contributed by atoms with van der Waals surface area (Å²) in [6, 6.07) is 11.3. The molecule has 0 saturated heterocycles. The lowest BCUT2D eigenvalue weighted by molar-refractivity contribution is -0.744. The molecule has 0 aliphatic heterocycles.